The quantitative estimate of drug-likeness (QED) is 0.928. The standard InChI is InChI=1S/C13H16F3N5O2/c1-7(21-6-5-9(19-21)13(14,15)16)10(22)18-12(3,4)11-17-8(2)23-20-11/h5-7H,1-4H3,(H,18,22). The summed E-state index contributed by atoms with van der Waals surface area (Å²) < 4.78 is 43.5. The molecule has 1 atom stereocenters. The van der Waals surface area contributed by atoms with Crippen LogP contribution in [0.1, 0.15) is 44.2 Å². The first kappa shape index (κ1) is 17.0. The van der Waals surface area contributed by atoms with Crippen LogP contribution in [0.5, 0.6) is 0 Å². The Kier molecular flexibility index (Phi) is 4.18. The van der Waals surface area contributed by atoms with Crippen LogP contribution >= 0.6 is 0 Å². The fourth-order valence-electron chi connectivity index (χ4n) is 1.85. The second-order valence-corrected chi connectivity index (χ2v) is 5.61. The summed E-state index contributed by atoms with van der Waals surface area (Å²) in [6.07, 6.45) is -3.44. The zero-order valence-electron chi connectivity index (χ0n) is 13.0. The molecule has 2 aromatic rings. The lowest BCUT2D eigenvalue weighted by atomic mass is 10.0. The molecule has 1 N–H and O–H groups in total. The van der Waals surface area contributed by atoms with E-state index in [9.17, 15) is 18.0 Å². The normalized spacial score (nSPS) is 13.9. The highest BCUT2D eigenvalue weighted by molar-refractivity contribution is 5.80. The van der Waals surface area contributed by atoms with Gasteiger partial charge in [-0.2, -0.15) is 23.3 Å². The molecule has 0 aliphatic rings. The van der Waals surface area contributed by atoms with Crippen LogP contribution in [-0.2, 0) is 16.5 Å². The van der Waals surface area contributed by atoms with Gasteiger partial charge in [-0.1, -0.05) is 5.16 Å². The van der Waals surface area contributed by atoms with Crippen LogP contribution in [0.3, 0.4) is 0 Å². The summed E-state index contributed by atoms with van der Waals surface area (Å²) in [5.74, 6) is 0.0959. The molecule has 1 amide bonds. The monoisotopic (exact) mass is 331 g/mol. The predicted molar refractivity (Wildman–Crippen MR) is 72.1 cm³/mol. The van der Waals surface area contributed by atoms with Gasteiger partial charge in [0.25, 0.3) is 0 Å². The van der Waals surface area contributed by atoms with Gasteiger partial charge in [-0.15, -0.1) is 0 Å². The second kappa shape index (κ2) is 5.67. The number of carbonyl (C=O) groups is 1. The van der Waals surface area contributed by atoms with Crippen LogP contribution < -0.4 is 5.32 Å². The zero-order valence-corrected chi connectivity index (χ0v) is 13.0. The molecule has 0 saturated carbocycles. The van der Waals surface area contributed by atoms with Crippen molar-refractivity contribution in [1.82, 2.24) is 25.2 Å². The minimum absolute atomic E-state index is 0.270. The number of hydrogen-bond donors (Lipinski definition) is 1. The van der Waals surface area contributed by atoms with E-state index >= 15 is 0 Å². The van der Waals surface area contributed by atoms with E-state index in [0.717, 1.165) is 16.9 Å². The van der Waals surface area contributed by atoms with Crippen molar-refractivity contribution < 1.29 is 22.5 Å². The van der Waals surface area contributed by atoms with E-state index < -0.39 is 29.4 Å². The van der Waals surface area contributed by atoms with Gasteiger partial charge in [-0.3, -0.25) is 9.48 Å². The Morgan fingerprint density at radius 1 is 1.39 bits per heavy atom. The molecule has 126 valence electrons. The number of aromatic nitrogens is 4. The van der Waals surface area contributed by atoms with Crippen LogP contribution in [0.2, 0.25) is 0 Å². The Labute approximate surface area is 129 Å². The van der Waals surface area contributed by atoms with E-state index in [-0.39, 0.29) is 5.82 Å². The van der Waals surface area contributed by atoms with Crippen molar-refractivity contribution in [2.75, 3.05) is 0 Å². The first-order valence-corrected chi connectivity index (χ1v) is 6.76. The lowest BCUT2D eigenvalue weighted by Crippen LogP contribution is -2.44. The molecular formula is C13H16F3N5O2. The Balaban J connectivity index is 2.12. The summed E-state index contributed by atoms with van der Waals surface area (Å²) >= 11 is 0. The van der Waals surface area contributed by atoms with Gasteiger partial charge >= 0.3 is 6.18 Å². The number of hydrogen-bond acceptors (Lipinski definition) is 5. The van der Waals surface area contributed by atoms with Crippen LogP contribution in [0.25, 0.3) is 0 Å². The van der Waals surface area contributed by atoms with Crippen molar-refractivity contribution >= 4 is 5.91 Å². The molecule has 10 heteroatoms. The maximum atomic E-state index is 12.6. The van der Waals surface area contributed by atoms with Gasteiger partial charge in [0.05, 0.1) is 5.54 Å². The first-order valence-electron chi connectivity index (χ1n) is 6.76. The maximum absolute atomic E-state index is 12.6. The summed E-state index contributed by atoms with van der Waals surface area (Å²) in [5, 5.41) is 9.79. The number of nitrogens with zero attached hydrogens (tertiary/aromatic N) is 4. The van der Waals surface area contributed by atoms with Crippen molar-refractivity contribution in [3.63, 3.8) is 0 Å². The molecule has 7 nitrogen and oxygen atoms in total. The third-order valence-corrected chi connectivity index (χ3v) is 3.20. The average Bonchev–Trinajstić information content (AvgIpc) is 3.05. The van der Waals surface area contributed by atoms with E-state index in [2.05, 4.69) is 20.6 Å². The molecule has 23 heavy (non-hydrogen) atoms. The third-order valence-electron chi connectivity index (χ3n) is 3.20. The molecule has 2 rings (SSSR count). The molecule has 1 unspecified atom stereocenters. The third kappa shape index (κ3) is 3.69. The highest BCUT2D eigenvalue weighted by Crippen LogP contribution is 2.28. The lowest BCUT2D eigenvalue weighted by molar-refractivity contribution is -0.142. The molecule has 2 heterocycles. The number of alkyl halides is 3. The first-order chi connectivity index (χ1) is 10.5. The molecule has 0 bridgehead atoms. The summed E-state index contributed by atoms with van der Waals surface area (Å²) in [5.41, 5.74) is -1.99. The smallest absolute Gasteiger partial charge is 0.342 e. The zero-order chi connectivity index (χ0) is 17.4. The summed E-state index contributed by atoms with van der Waals surface area (Å²) in [6.45, 7) is 6.37. The number of amides is 1. The van der Waals surface area contributed by atoms with E-state index in [1.165, 1.54) is 6.92 Å². The Hall–Kier alpha value is -2.39. The number of carbonyl (C=O) groups excluding carboxylic acids is 1. The Morgan fingerprint density at radius 2 is 2.04 bits per heavy atom. The van der Waals surface area contributed by atoms with Gasteiger partial charge < -0.3 is 9.84 Å². The lowest BCUT2D eigenvalue weighted by Gasteiger charge is -2.24. The van der Waals surface area contributed by atoms with Crippen molar-refractivity contribution in [2.24, 2.45) is 0 Å². The molecular weight excluding hydrogens is 315 g/mol. The van der Waals surface area contributed by atoms with E-state index in [0.29, 0.717) is 5.89 Å². The molecule has 0 radical (unpaired) electrons. The van der Waals surface area contributed by atoms with Crippen LogP contribution in [0.15, 0.2) is 16.8 Å². The van der Waals surface area contributed by atoms with E-state index in [4.69, 9.17) is 4.52 Å². The Morgan fingerprint density at radius 3 is 2.52 bits per heavy atom. The highest BCUT2D eigenvalue weighted by Gasteiger charge is 2.35. The molecule has 0 fully saturated rings. The fourth-order valence-corrected chi connectivity index (χ4v) is 1.85. The molecule has 0 aromatic carbocycles. The second-order valence-electron chi connectivity index (χ2n) is 5.61. The van der Waals surface area contributed by atoms with Gasteiger partial charge in [0, 0.05) is 13.1 Å². The van der Waals surface area contributed by atoms with Crippen molar-refractivity contribution in [3.8, 4) is 0 Å². The topological polar surface area (TPSA) is 85.8 Å². The van der Waals surface area contributed by atoms with Gasteiger partial charge in [0.2, 0.25) is 11.8 Å². The fraction of sp³-hybridized carbons (Fsp3) is 0.538. The minimum Gasteiger partial charge on any atom is -0.342 e. The largest absolute Gasteiger partial charge is 0.435 e. The van der Waals surface area contributed by atoms with E-state index in [1.54, 1.807) is 20.8 Å². The summed E-state index contributed by atoms with van der Waals surface area (Å²) in [4.78, 5) is 16.3. The van der Waals surface area contributed by atoms with Crippen LogP contribution in [0.4, 0.5) is 13.2 Å². The van der Waals surface area contributed by atoms with Crippen molar-refractivity contribution in [2.45, 2.75) is 45.5 Å². The summed E-state index contributed by atoms with van der Waals surface area (Å²) in [6, 6.07) is -0.115. The van der Waals surface area contributed by atoms with E-state index in [1.807, 2.05) is 0 Å². The average molecular weight is 331 g/mol. The molecule has 0 spiro atoms. The van der Waals surface area contributed by atoms with Gasteiger partial charge in [0.1, 0.15) is 6.04 Å². The van der Waals surface area contributed by atoms with Gasteiger partial charge in [-0.05, 0) is 26.8 Å². The van der Waals surface area contributed by atoms with Crippen LogP contribution in [-0.4, -0.2) is 25.8 Å². The van der Waals surface area contributed by atoms with Gasteiger partial charge in [-0.25, -0.2) is 0 Å². The molecule has 0 saturated heterocycles. The number of aryl methyl sites for hydroxylation is 1. The maximum Gasteiger partial charge on any atom is 0.435 e. The minimum atomic E-state index is -4.55. The predicted octanol–water partition coefficient (Wildman–Crippen LogP) is 2.21. The SMILES string of the molecule is Cc1nc(C(C)(C)NC(=O)C(C)n2ccc(C(F)(F)F)n2)no1. The molecule has 0 aliphatic carbocycles. The number of nitrogens with one attached hydrogen (secondary N) is 1. The van der Waals surface area contributed by atoms with Crippen molar-refractivity contribution in [3.05, 3.63) is 29.7 Å². The van der Waals surface area contributed by atoms with Crippen LogP contribution in [0, 0.1) is 6.92 Å². The highest BCUT2D eigenvalue weighted by atomic mass is 19.4. The Bertz CT molecular complexity index is 705. The number of halogens is 3. The van der Waals surface area contributed by atoms with Crippen molar-refractivity contribution in [1.29, 1.82) is 0 Å². The summed E-state index contributed by atoms with van der Waals surface area (Å²) in [7, 11) is 0. The number of rotatable bonds is 4. The van der Waals surface area contributed by atoms with Gasteiger partial charge in [0.15, 0.2) is 11.5 Å². The molecule has 2 aromatic heterocycles. The molecule has 0 aliphatic heterocycles.